The highest BCUT2D eigenvalue weighted by Gasteiger charge is 2.35. The van der Waals surface area contributed by atoms with E-state index < -0.39 is 5.56 Å². The van der Waals surface area contributed by atoms with Crippen molar-refractivity contribution in [2.75, 3.05) is 6.54 Å². The van der Waals surface area contributed by atoms with E-state index in [4.69, 9.17) is 11.6 Å². The summed E-state index contributed by atoms with van der Waals surface area (Å²) in [6.45, 7) is 4.62. The third-order valence-corrected chi connectivity index (χ3v) is 6.37. The number of Topliss-reactive ketones (excluding diaryl/α,β-unsaturated/α-hetero) is 1. The molecule has 1 saturated heterocycles. The Hall–Kier alpha value is -2.40. The van der Waals surface area contributed by atoms with Crippen LogP contribution in [0.3, 0.4) is 0 Å². The Morgan fingerprint density at radius 2 is 2.00 bits per heavy atom. The number of H-pyrrole nitrogens is 1. The normalized spacial score (nSPS) is 20.6. The number of aromatic nitrogens is 1. The summed E-state index contributed by atoms with van der Waals surface area (Å²) in [5, 5.41) is 0.687. The van der Waals surface area contributed by atoms with Gasteiger partial charge in [0.2, 0.25) is 0 Å². The highest BCUT2D eigenvalue weighted by atomic mass is 35.5. The lowest BCUT2D eigenvalue weighted by molar-refractivity contribution is 0.0734. The third kappa shape index (κ3) is 3.88. The van der Waals surface area contributed by atoms with Crippen molar-refractivity contribution in [3.8, 4) is 0 Å². The predicted octanol–water partition coefficient (Wildman–Crippen LogP) is 4.03. The first-order chi connectivity index (χ1) is 13.7. The number of halogens is 1. The average molecular weight is 413 g/mol. The summed E-state index contributed by atoms with van der Waals surface area (Å²) < 4.78 is 0. The van der Waals surface area contributed by atoms with Crippen LogP contribution in [0.1, 0.15) is 65.1 Å². The molecule has 1 aromatic carbocycles. The average Bonchev–Trinajstić information content (AvgIpc) is 3.10. The highest BCUT2D eigenvalue weighted by Crippen LogP contribution is 2.34. The lowest BCUT2D eigenvalue weighted by Gasteiger charge is -2.30. The number of carbonyl (C=O) groups excluding carboxylic acids is 2. The summed E-state index contributed by atoms with van der Waals surface area (Å²) in [4.78, 5) is 43.1. The minimum atomic E-state index is -0.414. The van der Waals surface area contributed by atoms with Gasteiger partial charge < -0.3 is 9.88 Å². The molecular weight excluding hydrogens is 388 g/mol. The van der Waals surface area contributed by atoms with Crippen LogP contribution in [0.15, 0.2) is 35.1 Å². The monoisotopic (exact) mass is 412 g/mol. The van der Waals surface area contributed by atoms with Crippen molar-refractivity contribution in [3.05, 3.63) is 68.1 Å². The number of nitrogens with zero attached hydrogens (tertiary/aromatic N) is 1. The molecule has 1 aliphatic carbocycles. The fourth-order valence-electron chi connectivity index (χ4n) is 4.57. The number of pyridine rings is 1. The Kier molecular flexibility index (Phi) is 5.11. The lowest BCUT2D eigenvalue weighted by Crippen LogP contribution is -2.40. The van der Waals surface area contributed by atoms with Gasteiger partial charge >= 0.3 is 0 Å². The quantitative estimate of drug-likeness (QED) is 0.827. The van der Waals surface area contributed by atoms with Gasteiger partial charge in [0.25, 0.3) is 11.5 Å². The van der Waals surface area contributed by atoms with Gasteiger partial charge in [0.05, 0.1) is 0 Å². The summed E-state index contributed by atoms with van der Waals surface area (Å²) in [7, 11) is 0. The zero-order valence-electron chi connectivity index (χ0n) is 16.8. The maximum atomic E-state index is 13.2. The number of amides is 1. The van der Waals surface area contributed by atoms with E-state index >= 15 is 0 Å². The number of likely N-dealkylation sites (tertiary alicyclic amines) is 1. The molecule has 0 saturated carbocycles. The summed E-state index contributed by atoms with van der Waals surface area (Å²) >= 11 is 6.29. The van der Waals surface area contributed by atoms with Crippen LogP contribution >= 0.6 is 11.6 Å². The van der Waals surface area contributed by atoms with Crippen molar-refractivity contribution in [3.63, 3.8) is 0 Å². The van der Waals surface area contributed by atoms with Crippen LogP contribution in [0.2, 0.25) is 5.02 Å². The second-order valence-electron chi connectivity index (χ2n) is 8.94. The number of nitrogens with one attached hydrogen (secondary N) is 1. The standard InChI is InChI=1S/C23H25ClN2O3/c1-23(2)12-19-16(20(27)13-23)11-17(21(28)25-19)22(29)26-9-5-7-15(26)10-14-6-3-4-8-18(14)24/h3-4,6,8,11,15H,5,7,9-10,12-13H2,1-2H3,(H,25,28). The largest absolute Gasteiger partial charge is 0.335 e. The van der Waals surface area contributed by atoms with Crippen molar-refractivity contribution >= 4 is 23.3 Å². The maximum Gasteiger partial charge on any atom is 0.261 e. The van der Waals surface area contributed by atoms with Crippen LogP contribution in [-0.2, 0) is 12.8 Å². The number of aromatic amines is 1. The molecule has 5 nitrogen and oxygen atoms in total. The van der Waals surface area contributed by atoms with Crippen molar-refractivity contribution in [2.45, 2.75) is 52.0 Å². The van der Waals surface area contributed by atoms with Gasteiger partial charge in [0.15, 0.2) is 5.78 Å². The van der Waals surface area contributed by atoms with Gasteiger partial charge in [-0.3, -0.25) is 14.4 Å². The van der Waals surface area contributed by atoms with E-state index in [9.17, 15) is 14.4 Å². The summed E-state index contributed by atoms with van der Waals surface area (Å²) in [5.74, 6) is -0.322. The van der Waals surface area contributed by atoms with Crippen molar-refractivity contribution < 1.29 is 9.59 Å². The second-order valence-corrected chi connectivity index (χ2v) is 9.34. The van der Waals surface area contributed by atoms with Gasteiger partial charge in [-0.15, -0.1) is 0 Å². The van der Waals surface area contributed by atoms with E-state index in [0.29, 0.717) is 42.1 Å². The molecule has 0 radical (unpaired) electrons. The summed E-state index contributed by atoms with van der Waals surface area (Å²) in [5.41, 5.74) is 1.57. The summed E-state index contributed by atoms with van der Waals surface area (Å²) in [6.07, 6.45) is 3.44. The Morgan fingerprint density at radius 3 is 2.76 bits per heavy atom. The number of fused-ring (bicyclic) bond motifs is 1. The van der Waals surface area contributed by atoms with Crippen LogP contribution in [0, 0.1) is 5.41 Å². The number of carbonyl (C=O) groups is 2. The first kappa shape index (κ1) is 19.9. The van der Waals surface area contributed by atoms with Crippen LogP contribution in [0.25, 0.3) is 0 Å². The smallest absolute Gasteiger partial charge is 0.261 e. The number of benzene rings is 1. The molecule has 1 aromatic heterocycles. The van der Waals surface area contributed by atoms with Gasteiger partial charge in [-0.2, -0.15) is 0 Å². The molecule has 152 valence electrons. The van der Waals surface area contributed by atoms with Crippen molar-refractivity contribution in [2.24, 2.45) is 5.41 Å². The minimum absolute atomic E-state index is 0.00697. The number of ketones is 1. The fourth-order valence-corrected chi connectivity index (χ4v) is 4.79. The number of hydrogen-bond acceptors (Lipinski definition) is 3. The zero-order valence-corrected chi connectivity index (χ0v) is 17.5. The molecule has 2 aliphatic rings. The fraction of sp³-hybridized carbons (Fsp3) is 0.435. The Bertz CT molecular complexity index is 1040. The molecule has 2 heterocycles. The van der Waals surface area contributed by atoms with Gasteiger partial charge in [-0.25, -0.2) is 0 Å². The Balaban J connectivity index is 1.62. The van der Waals surface area contributed by atoms with Gasteiger partial charge in [-0.05, 0) is 48.8 Å². The molecule has 1 unspecified atom stereocenters. The molecule has 1 aliphatic heterocycles. The molecule has 1 N–H and O–H groups in total. The van der Waals surface area contributed by atoms with E-state index in [1.54, 1.807) is 4.90 Å². The molecular formula is C23H25ClN2O3. The predicted molar refractivity (Wildman–Crippen MR) is 113 cm³/mol. The van der Waals surface area contributed by atoms with Gasteiger partial charge in [-0.1, -0.05) is 43.6 Å². The first-order valence-corrected chi connectivity index (χ1v) is 10.5. The molecule has 1 fully saturated rings. The molecule has 2 aromatic rings. The zero-order chi connectivity index (χ0) is 20.8. The van der Waals surface area contributed by atoms with E-state index in [-0.39, 0.29) is 28.7 Å². The van der Waals surface area contributed by atoms with Crippen molar-refractivity contribution in [1.82, 2.24) is 9.88 Å². The first-order valence-electron chi connectivity index (χ1n) is 10.1. The molecule has 29 heavy (non-hydrogen) atoms. The third-order valence-electron chi connectivity index (χ3n) is 6.00. The molecule has 1 amide bonds. The van der Waals surface area contributed by atoms with Crippen LogP contribution in [0.5, 0.6) is 0 Å². The lowest BCUT2D eigenvalue weighted by atomic mass is 9.75. The van der Waals surface area contributed by atoms with E-state index in [1.165, 1.54) is 6.07 Å². The van der Waals surface area contributed by atoms with Crippen LogP contribution in [-0.4, -0.2) is 34.2 Å². The van der Waals surface area contributed by atoms with Gasteiger partial charge in [0, 0.05) is 35.3 Å². The SMILES string of the molecule is CC1(C)CC(=O)c2cc(C(=O)N3CCCC3Cc3ccccc3Cl)c(=O)[nH]c2C1. The minimum Gasteiger partial charge on any atom is -0.335 e. The van der Waals surface area contributed by atoms with Crippen molar-refractivity contribution in [1.29, 1.82) is 0 Å². The number of hydrogen-bond donors (Lipinski definition) is 1. The van der Waals surface area contributed by atoms with Crippen LogP contribution < -0.4 is 5.56 Å². The number of rotatable bonds is 3. The molecule has 0 bridgehead atoms. The molecule has 6 heteroatoms. The molecule has 0 spiro atoms. The van der Waals surface area contributed by atoms with E-state index in [2.05, 4.69) is 4.98 Å². The summed E-state index contributed by atoms with van der Waals surface area (Å²) in [6, 6.07) is 9.14. The molecule has 1 atom stereocenters. The second kappa shape index (κ2) is 7.45. The Labute approximate surface area is 175 Å². The highest BCUT2D eigenvalue weighted by molar-refractivity contribution is 6.31. The Morgan fingerprint density at radius 1 is 1.24 bits per heavy atom. The van der Waals surface area contributed by atoms with E-state index in [1.807, 2.05) is 38.1 Å². The van der Waals surface area contributed by atoms with Gasteiger partial charge in [0.1, 0.15) is 5.56 Å². The molecule has 4 rings (SSSR count). The maximum absolute atomic E-state index is 13.2. The van der Waals surface area contributed by atoms with Crippen LogP contribution in [0.4, 0.5) is 0 Å². The topological polar surface area (TPSA) is 70.2 Å². The van der Waals surface area contributed by atoms with E-state index in [0.717, 1.165) is 18.4 Å².